The fourth-order valence-corrected chi connectivity index (χ4v) is 1.27. The zero-order valence-electron chi connectivity index (χ0n) is 7.99. The largest absolute Gasteiger partial charge is 0.428 e. The van der Waals surface area contributed by atoms with Crippen LogP contribution in [0.15, 0.2) is 18.2 Å². The molecule has 0 heterocycles. The molecule has 0 aliphatic carbocycles. The van der Waals surface area contributed by atoms with Crippen LogP contribution in [-0.2, 0) is 4.79 Å². The highest BCUT2D eigenvalue weighted by molar-refractivity contribution is 6.35. The Morgan fingerprint density at radius 1 is 1.29 bits per heavy atom. The number of rotatable bonds is 2. The predicted octanol–water partition coefficient (Wildman–Crippen LogP) is 3.83. The van der Waals surface area contributed by atoms with Crippen LogP contribution in [0, 0.1) is 0 Å². The topological polar surface area (TPSA) is 29.1 Å². The molecule has 0 spiro atoms. The lowest BCUT2D eigenvalue weighted by Crippen LogP contribution is -2.36. The van der Waals surface area contributed by atoms with E-state index in [0.717, 1.165) is 6.07 Å². The summed E-state index contributed by atoms with van der Waals surface area (Å²) in [6.45, 7) is 0. The van der Waals surface area contributed by atoms with Gasteiger partial charge in [0.15, 0.2) is 0 Å². The van der Waals surface area contributed by atoms with Crippen molar-refractivity contribution in [3.63, 3.8) is 0 Å². The Labute approximate surface area is 104 Å². The molecule has 0 radical (unpaired) electrons. The van der Waals surface area contributed by atoms with Gasteiger partial charge in [0.25, 0.3) is 12.1 Å². The van der Waals surface area contributed by atoms with E-state index in [0.29, 0.717) is 0 Å². The van der Waals surface area contributed by atoms with Gasteiger partial charge in [0.2, 0.25) is 0 Å². The van der Waals surface area contributed by atoms with Crippen LogP contribution >= 0.6 is 23.2 Å². The Morgan fingerprint density at radius 2 is 1.88 bits per heavy atom. The second-order valence-electron chi connectivity index (χ2n) is 3.02. The van der Waals surface area contributed by atoms with Crippen molar-refractivity contribution in [2.75, 3.05) is 5.32 Å². The van der Waals surface area contributed by atoms with E-state index in [4.69, 9.17) is 23.2 Å². The summed E-state index contributed by atoms with van der Waals surface area (Å²) in [5.41, 5.74) is -0.184. The fraction of sp³-hybridized carbons (Fsp3) is 0.222. The van der Waals surface area contributed by atoms with Crippen molar-refractivity contribution in [3.8, 4) is 0 Å². The number of carbonyl (C=O) groups is 1. The first-order valence-electron chi connectivity index (χ1n) is 4.18. The fourth-order valence-electron chi connectivity index (χ4n) is 0.938. The van der Waals surface area contributed by atoms with Crippen molar-refractivity contribution < 1.29 is 22.4 Å². The Kier molecular flexibility index (Phi) is 4.21. The Morgan fingerprint density at radius 3 is 2.41 bits per heavy atom. The summed E-state index contributed by atoms with van der Waals surface area (Å²) >= 11 is 11.1. The number of amides is 1. The molecule has 0 aromatic heterocycles. The highest BCUT2D eigenvalue weighted by Crippen LogP contribution is 2.28. The first kappa shape index (κ1) is 14.1. The van der Waals surface area contributed by atoms with Crippen LogP contribution in [0.1, 0.15) is 0 Å². The van der Waals surface area contributed by atoms with E-state index < -0.39 is 18.3 Å². The zero-order valence-corrected chi connectivity index (χ0v) is 9.50. The smallest absolute Gasteiger partial charge is 0.322 e. The third kappa shape index (κ3) is 3.74. The van der Waals surface area contributed by atoms with Crippen LogP contribution in [0.3, 0.4) is 0 Å². The molecular formula is C9H5Cl2F4NO. The minimum atomic E-state index is -5.25. The highest BCUT2D eigenvalue weighted by atomic mass is 35.5. The lowest BCUT2D eigenvalue weighted by Gasteiger charge is -2.13. The summed E-state index contributed by atoms with van der Waals surface area (Å²) in [6.07, 6.45) is -8.87. The van der Waals surface area contributed by atoms with Crippen molar-refractivity contribution in [2.24, 2.45) is 0 Å². The van der Waals surface area contributed by atoms with Crippen LogP contribution < -0.4 is 5.32 Å². The normalized spacial score (nSPS) is 13.3. The third-order valence-electron chi connectivity index (χ3n) is 1.70. The molecule has 1 atom stereocenters. The lowest BCUT2D eigenvalue weighted by atomic mass is 10.3. The van der Waals surface area contributed by atoms with Crippen molar-refractivity contribution in [1.29, 1.82) is 0 Å². The first-order valence-corrected chi connectivity index (χ1v) is 4.94. The van der Waals surface area contributed by atoms with E-state index in [2.05, 4.69) is 0 Å². The number of alkyl halides is 4. The van der Waals surface area contributed by atoms with Gasteiger partial charge in [-0.2, -0.15) is 13.2 Å². The van der Waals surface area contributed by atoms with E-state index in [1.54, 1.807) is 5.32 Å². The molecule has 1 unspecified atom stereocenters. The van der Waals surface area contributed by atoms with Crippen LogP contribution in [0.25, 0.3) is 0 Å². The number of nitrogens with one attached hydrogen (secondary N) is 1. The van der Waals surface area contributed by atoms with E-state index in [1.165, 1.54) is 12.1 Å². The number of hydrogen-bond donors (Lipinski definition) is 1. The molecule has 0 saturated heterocycles. The van der Waals surface area contributed by atoms with Crippen LogP contribution in [0.2, 0.25) is 10.0 Å². The van der Waals surface area contributed by atoms with Gasteiger partial charge in [-0.15, -0.1) is 0 Å². The highest BCUT2D eigenvalue weighted by Gasteiger charge is 2.45. The summed E-state index contributed by atoms with van der Waals surface area (Å²) in [7, 11) is 0. The van der Waals surface area contributed by atoms with Crippen LogP contribution in [-0.4, -0.2) is 18.3 Å². The average molecular weight is 290 g/mol. The van der Waals surface area contributed by atoms with Gasteiger partial charge in [0.1, 0.15) is 0 Å². The summed E-state index contributed by atoms with van der Waals surface area (Å²) < 4.78 is 48.3. The monoisotopic (exact) mass is 289 g/mol. The molecule has 1 rings (SSSR count). The molecule has 1 N–H and O–H groups in total. The van der Waals surface area contributed by atoms with Crippen molar-refractivity contribution in [3.05, 3.63) is 28.2 Å². The van der Waals surface area contributed by atoms with Crippen molar-refractivity contribution >= 4 is 34.8 Å². The van der Waals surface area contributed by atoms with Gasteiger partial charge < -0.3 is 5.32 Å². The Balaban J connectivity index is 2.85. The van der Waals surface area contributed by atoms with E-state index in [-0.39, 0.29) is 15.7 Å². The van der Waals surface area contributed by atoms with Crippen LogP contribution in [0.5, 0.6) is 0 Å². The summed E-state index contributed by atoms with van der Waals surface area (Å²) in [4.78, 5) is 10.9. The van der Waals surface area contributed by atoms with Gasteiger partial charge >= 0.3 is 6.18 Å². The maximum Gasteiger partial charge on any atom is 0.428 e. The van der Waals surface area contributed by atoms with Gasteiger partial charge in [0.05, 0.1) is 10.7 Å². The summed E-state index contributed by atoms with van der Waals surface area (Å²) in [5.74, 6) is -1.85. The van der Waals surface area contributed by atoms with Gasteiger partial charge in [-0.1, -0.05) is 23.2 Å². The van der Waals surface area contributed by atoms with Gasteiger partial charge in [-0.25, -0.2) is 4.39 Å². The first-order chi connectivity index (χ1) is 7.71. The molecule has 0 saturated carbocycles. The number of benzene rings is 1. The Bertz CT molecular complexity index is 435. The molecule has 1 aromatic rings. The summed E-state index contributed by atoms with van der Waals surface area (Å²) in [5, 5.41) is 1.81. The van der Waals surface area contributed by atoms with Gasteiger partial charge in [0, 0.05) is 5.02 Å². The molecule has 1 aromatic carbocycles. The van der Waals surface area contributed by atoms with E-state index in [9.17, 15) is 22.4 Å². The molecule has 0 bridgehead atoms. The predicted molar refractivity (Wildman–Crippen MR) is 56.0 cm³/mol. The van der Waals surface area contributed by atoms with Crippen LogP contribution in [0.4, 0.5) is 23.2 Å². The number of anilines is 1. The molecule has 0 aliphatic rings. The Hall–Kier alpha value is -1.01. The van der Waals surface area contributed by atoms with Crippen molar-refractivity contribution in [1.82, 2.24) is 0 Å². The molecule has 8 heteroatoms. The lowest BCUT2D eigenvalue weighted by molar-refractivity contribution is -0.183. The molecule has 0 aliphatic heterocycles. The number of carbonyl (C=O) groups excluding carboxylic acids is 1. The maximum atomic E-state index is 12.6. The zero-order chi connectivity index (χ0) is 13.2. The molecule has 0 fully saturated rings. The number of hydrogen-bond acceptors (Lipinski definition) is 1. The SMILES string of the molecule is O=C(Nc1cc(Cl)ccc1Cl)C(F)C(F)(F)F. The minimum Gasteiger partial charge on any atom is -0.322 e. The van der Waals surface area contributed by atoms with Gasteiger partial charge in [-0.05, 0) is 18.2 Å². The maximum absolute atomic E-state index is 12.6. The van der Waals surface area contributed by atoms with Crippen molar-refractivity contribution in [2.45, 2.75) is 12.3 Å². The standard InChI is InChI=1S/C9H5Cl2F4NO/c10-4-1-2-5(11)6(3-4)16-8(17)7(12)9(13,14)15/h1-3,7H,(H,16,17). The molecular weight excluding hydrogens is 285 g/mol. The number of halogens is 6. The van der Waals surface area contributed by atoms with E-state index in [1.807, 2.05) is 0 Å². The summed E-state index contributed by atoms with van der Waals surface area (Å²) in [6, 6.07) is 3.75. The molecule has 2 nitrogen and oxygen atoms in total. The second kappa shape index (κ2) is 5.10. The minimum absolute atomic E-state index is 0.0443. The molecule has 94 valence electrons. The second-order valence-corrected chi connectivity index (χ2v) is 3.86. The third-order valence-corrected chi connectivity index (χ3v) is 2.27. The quantitative estimate of drug-likeness (QED) is 0.824. The molecule has 17 heavy (non-hydrogen) atoms. The van der Waals surface area contributed by atoms with Gasteiger partial charge in [-0.3, -0.25) is 4.79 Å². The average Bonchev–Trinajstić information content (AvgIpc) is 2.21. The molecule has 1 amide bonds. The van der Waals surface area contributed by atoms with E-state index >= 15 is 0 Å².